The van der Waals surface area contributed by atoms with Crippen molar-refractivity contribution in [2.24, 2.45) is 11.1 Å². The van der Waals surface area contributed by atoms with Gasteiger partial charge in [0.1, 0.15) is 0 Å². The van der Waals surface area contributed by atoms with Gasteiger partial charge in [-0.1, -0.05) is 12.1 Å². The first-order chi connectivity index (χ1) is 9.24. The van der Waals surface area contributed by atoms with Crippen LogP contribution in [0.5, 0.6) is 0 Å². The average molecular weight is 279 g/mol. The molecule has 0 spiro atoms. The van der Waals surface area contributed by atoms with Crippen LogP contribution in [0.1, 0.15) is 24.2 Å². The van der Waals surface area contributed by atoms with Crippen LogP contribution in [0, 0.1) is 5.41 Å². The van der Waals surface area contributed by atoms with Gasteiger partial charge in [-0.25, -0.2) is 9.59 Å². The summed E-state index contributed by atoms with van der Waals surface area (Å²) in [6.07, 6.45) is 0. The van der Waals surface area contributed by atoms with Crippen molar-refractivity contribution in [1.29, 1.82) is 0 Å². The highest BCUT2D eigenvalue weighted by atomic mass is 16.4. The predicted molar refractivity (Wildman–Crippen MR) is 73.4 cm³/mol. The Morgan fingerprint density at radius 3 is 2.40 bits per heavy atom. The van der Waals surface area contributed by atoms with E-state index in [9.17, 15) is 14.4 Å². The molecule has 0 aliphatic heterocycles. The molecule has 0 radical (unpaired) electrons. The van der Waals surface area contributed by atoms with Crippen LogP contribution >= 0.6 is 0 Å². The second-order valence-corrected chi connectivity index (χ2v) is 4.91. The molecule has 0 unspecified atom stereocenters. The standard InChI is InChI=1S/C13H17N3O4/c1-13(2,11(14)19)7-15-12(20)16-9-6-4-3-5-8(9)10(17)18/h3-6H,7H2,1-2H3,(H2,14,19)(H,17,18)(H2,15,16,20). The van der Waals surface area contributed by atoms with E-state index >= 15 is 0 Å². The molecule has 0 bridgehead atoms. The molecule has 7 nitrogen and oxygen atoms in total. The molecule has 5 N–H and O–H groups in total. The Morgan fingerprint density at radius 2 is 1.85 bits per heavy atom. The average Bonchev–Trinajstić information content (AvgIpc) is 2.36. The molecule has 0 aliphatic carbocycles. The fraction of sp³-hybridized carbons (Fsp3) is 0.308. The zero-order valence-corrected chi connectivity index (χ0v) is 11.3. The summed E-state index contributed by atoms with van der Waals surface area (Å²) in [6, 6.07) is 5.42. The largest absolute Gasteiger partial charge is 0.478 e. The number of anilines is 1. The molecular weight excluding hydrogens is 262 g/mol. The van der Waals surface area contributed by atoms with Crippen molar-refractivity contribution in [3.05, 3.63) is 29.8 Å². The van der Waals surface area contributed by atoms with Gasteiger partial charge in [0, 0.05) is 6.54 Å². The Kier molecular flexibility index (Phi) is 4.68. The van der Waals surface area contributed by atoms with E-state index in [1.165, 1.54) is 12.1 Å². The van der Waals surface area contributed by atoms with Gasteiger partial charge in [0.2, 0.25) is 5.91 Å². The quantitative estimate of drug-likeness (QED) is 0.642. The molecule has 0 aromatic heterocycles. The fourth-order valence-electron chi connectivity index (χ4n) is 1.33. The van der Waals surface area contributed by atoms with Crippen molar-refractivity contribution in [2.45, 2.75) is 13.8 Å². The zero-order valence-electron chi connectivity index (χ0n) is 11.3. The van der Waals surface area contributed by atoms with Gasteiger partial charge in [0.25, 0.3) is 0 Å². The van der Waals surface area contributed by atoms with Crippen molar-refractivity contribution in [2.75, 3.05) is 11.9 Å². The van der Waals surface area contributed by atoms with Crippen molar-refractivity contribution in [3.8, 4) is 0 Å². The van der Waals surface area contributed by atoms with E-state index in [0.29, 0.717) is 0 Å². The zero-order chi connectivity index (χ0) is 15.3. The van der Waals surface area contributed by atoms with Crippen LogP contribution < -0.4 is 16.4 Å². The van der Waals surface area contributed by atoms with Gasteiger partial charge in [-0.15, -0.1) is 0 Å². The minimum absolute atomic E-state index is 0.0168. The molecule has 1 rings (SSSR count). The summed E-state index contributed by atoms with van der Waals surface area (Å²) in [5, 5.41) is 13.9. The Morgan fingerprint density at radius 1 is 1.25 bits per heavy atom. The summed E-state index contributed by atoms with van der Waals surface area (Å²) in [5.74, 6) is -1.68. The Bertz CT molecular complexity index is 540. The summed E-state index contributed by atoms with van der Waals surface area (Å²) < 4.78 is 0. The van der Waals surface area contributed by atoms with Gasteiger partial charge in [0.15, 0.2) is 0 Å². The lowest BCUT2D eigenvalue weighted by Crippen LogP contribution is -2.43. The van der Waals surface area contributed by atoms with Crippen LogP contribution in [0.15, 0.2) is 24.3 Å². The number of aromatic carboxylic acids is 1. The molecule has 3 amide bonds. The van der Waals surface area contributed by atoms with E-state index in [0.717, 1.165) is 0 Å². The highest BCUT2D eigenvalue weighted by Gasteiger charge is 2.25. The van der Waals surface area contributed by atoms with Crippen molar-refractivity contribution in [3.63, 3.8) is 0 Å². The second kappa shape index (κ2) is 6.05. The lowest BCUT2D eigenvalue weighted by Gasteiger charge is -2.21. The molecule has 20 heavy (non-hydrogen) atoms. The van der Waals surface area contributed by atoms with E-state index in [-0.39, 0.29) is 17.8 Å². The summed E-state index contributed by atoms with van der Waals surface area (Å²) in [6.45, 7) is 3.24. The molecule has 1 aromatic rings. The number of primary amides is 1. The maximum absolute atomic E-state index is 11.7. The maximum atomic E-state index is 11.7. The highest BCUT2D eigenvalue weighted by molar-refractivity contribution is 6.00. The third-order valence-corrected chi connectivity index (χ3v) is 2.76. The first-order valence-corrected chi connectivity index (χ1v) is 5.91. The lowest BCUT2D eigenvalue weighted by molar-refractivity contribution is -0.125. The van der Waals surface area contributed by atoms with Gasteiger partial charge in [-0.05, 0) is 26.0 Å². The van der Waals surface area contributed by atoms with E-state index in [1.54, 1.807) is 26.0 Å². The first kappa shape index (κ1) is 15.5. The van der Waals surface area contributed by atoms with Crippen LogP contribution in [0.25, 0.3) is 0 Å². The van der Waals surface area contributed by atoms with E-state index in [2.05, 4.69) is 10.6 Å². The van der Waals surface area contributed by atoms with Crippen LogP contribution in [0.3, 0.4) is 0 Å². The second-order valence-electron chi connectivity index (χ2n) is 4.91. The number of nitrogens with one attached hydrogen (secondary N) is 2. The number of urea groups is 1. The van der Waals surface area contributed by atoms with Crippen LogP contribution in [-0.2, 0) is 4.79 Å². The number of hydrogen-bond acceptors (Lipinski definition) is 3. The molecule has 0 saturated heterocycles. The highest BCUT2D eigenvalue weighted by Crippen LogP contribution is 2.15. The number of amides is 3. The van der Waals surface area contributed by atoms with Crippen molar-refractivity contribution < 1.29 is 19.5 Å². The molecule has 7 heteroatoms. The smallest absolute Gasteiger partial charge is 0.337 e. The lowest BCUT2D eigenvalue weighted by atomic mass is 9.93. The molecule has 0 saturated carbocycles. The summed E-state index contributed by atoms with van der Waals surface area (Å²) in [7, 11) is 0. The van der Waals surface area contributed by atoms with E-state index in [1.807, 2.05) is 0 Å². The Labute approximate surface area is 116 Å². The number of carbonyl (C=O) groups is 3. The Hall–Kier alpha value is -2.57. The van der Waals surface area contributed by atoms with Crippen molar-refractivity contribution in [1.82, 2.24) is 5.32 Å². The predicted octanol–water partition coefficient (Wildman–Crippen LogP) is 1.02. The Balaban J connectivity index is 2.69. The molecular formula is C13H17N3O4. The monoisotopic (exact) mass is 279 g/mol. The number of rotatable bonds is 5. The topological polar surface area (TPSA) is 122 Å². The van der Waals surface area contributed by atoms with Gasteiger partial charge in [-0.2, -0.15) is 0 Å². The van der Waals surface area contributed by atoms with Gasteiger partial charge in [0.05, 0.1) is 16.7 Å². The number of hydrogen-bond donors (Lipinski definition) is 4. The normalized spacial score (nSPS) is 10.7. The third-order valence-electron chi connectivity index (χ3n) is 2.76. The number of nitrogens with two attached hydrogens (primary N) is 1. The number of carboxylic acid groups (broad SMARTS) is 1. The van der Waals surface area contributed by atoms with E-state index < -0.39 is 23.3 Å². The minimum Gasteiger partial charge on any atom is -0.478 e. The molecule has 0 aliphatic rings. The SMILES string of the molecule is CC(C)(CNC(=O)Nc1ccccc1C(=O)O)C(N)=O. The first-order valence-electron chi connectivity index (χ1n) is 5.91. The van der Waals surface area contributed by atoms with Crippen LogP contribution in [-0.4, -0.2) is 29.6 Å². The molecule has 0 atom stereocenters. The molecule has 0 fully saturated rings. The number of carboxylic acids is 1. The summed E-state index contributed by atoms with van der Waals surface area (Å²) >= 11 is 0. The van der Waals surface area contributed by atoms with Crippen LogP contribution in [0.4, 0.5) is 10.5 Å². The fourth-order valence-corrected chi connectivity index (χ4v) is 1.33. The van der Waals surface area contributed by atoms with Crippen LogP contribution in [0.2, 0.25) is 0 Å². The van der Waals surface area contributed by atoms with Gasteiger partial charge in [-0.3, -0.25) is 4.79 Å². The summed E-state index contributed by atoms with van der Waals surface area (Å²) in [4.78, 5) is 33.8. The number of benzene rings is 1. The molecule has 108 valence electrons. The summed E-state index contributed by atoms with van der Waals surface area (Å²) in [5.41, 5.74) is 4.46. The number of para-hydroxylation sites is 1. The van der Waals surface area contributed by atoms with Gasteiger partial charge >= 0.3 is 12.0 Å². The maximum Gasteiger partial charge on any atom is 0.337 e. The number of carbonyl (C=O) groups excluding carboxylic acids is 2. The van der Waals surface area contributed by atoms with Gasteiger partial charge < -0.3 is 21.5 Å². The third kappa shape index (κ3) is 3.98. The minimum atomic E-state index is -1.14. The van der Waals surface area contributed by atoms with Crippen molar-refractivity contribution >= 4 is 23.6 Å². The van der Waals surface area contributed by atoms with E-state index in [4.69, 9.17) is 10.8 Å². The molecule has 1 aromatic carbocycles. The molecule has 0 heterocycles.